The van der Waals surface area contributed by atoms with Gasteiger partial charge in [0, 0.05) is 0 Å². The molecule has 1 aliphatic rings. The summed E-state index contributed by atoms with van der Waals surface area (Å²) < 4.78 is 21.2. The van der Waals surface area contributed by atoms with Crippen molar-refractivity contribution in [3.8, 4) is 23.0 Å². The molecule has 1 aliphatic heterocycles. The van der Waals surface area contributed by atoms with E-state index >= 15 is 0 Å². The molecule has 3 rings (SSSR count). The quantitative estimate of drug-likeness (QED) is 0.854. The van der Waals surface area contributed by atoms with Gasteiger partial charge in [-0.15, -0.1) is 0 Å². The number of esters is 1. The minimum atomic E-state index is -0.669. The van der Waals surface area contributed by atoms with E-state index in [-0.39, 0.29) is 17.9 Å². The topological polar surface area (TPSA) is 74.2 Å². The van der Waals surface area contributed by atoms with Gasteiger partial charge in [0.15, 0.2) is 11.5 Å². The highest BCUT2D eigenvalue weighted by Crippen LogP contribution is 2.38. The van der Waals surface area contributed by atoms with Gasteiger partial charge in [0.05, 0.1) is 12.1 Å². The largest absolute Gasteiger partial charge is 0.507 e. The predicted octanol–water partition coefficient (Wildman–Crippen LogP) is 3.18. The molecule has 0 spiro atoms. The molecule has 0 saturated heterocycles. The molecule has 0 unspecified atom stereocenters. The number of phenols is 1. The molecule has 0 amide bonds. The highest BCUT2D eigenvalue weighted by atomic mass is 35.5. The molecule has 0 radical (unpaired) electrons. The number of fused-ring (bicyclic) bond motifs is 1. The second-order valence-electron chi connectivity index (χ2n) is 5.06. The number of hydrogen-bond donors (Lipinski definition) is 1. The van der Waals surface area contributed by atoms with Crippen LogP contribution in [-0.2, 0) is 11.3 Å². The Morgan fingerprint density at radius 3 is 2.83 bits per heavy atom. The Bertz CT molecular complexity index is 774. The first-order valence-electron chi connectivity index (χ1n) is 7.20. The Hall–Kier alpha value is -2.60. The molecular weight excluding hydrogens is 336 g/mol. The van der Waals surface area contributed by atoms with E-state index in [4.69, 9.17) is 30.5 Å². The van der Waals surface area contributed by atoms with Crippen molar-refractivity contribution in [2.45, 2.75) is 6.61 Å². The normalized spacial score (nSPS) is 12.6. The summed E-state index contributed by atoms with van der Waals surface area (Å²) in [6.07, 6.45) is 0. The number of methoxy groups -OCH3 is 1. The molecule has 24 heavy (non-hydrogen) atoms. The first-order chi connectivity index (χ1) is 11.6. The van der Waals surface area contributed by atoms with Crippen molar-refractivity contribution in [2.24, 2.45) is 0 Å². The zero-order valence-corrected chi connectivity index (χ0v) is 13.6. The lowest BCUT2D eigenvalue weighted by Gasteiger charge is -2.20. The van der Waals surface area contributed by atoms with Crippen LogP contribution in [0.15, 0.2) is 30.3 Å². The molecule has 2 aromatic rings. The monoisotopic (exact) mass is 350 g/mol. The molecule has 0 fully saturated rings. The maximum Gasteiger partial charge on any atom is 0.342 e. The van der Waals surface area contributed by atoms with E-state index in [1.807, 2.05) is 0 Å². The molecule has 1 heterocycles. The molecule has 0 saturated carbocycles. The van der Waals surface area contributed by atoms with Gasteiger partial charge in [-0.2, -0.15) is 0 Å². The summed E-state index contributed by atoms with van der Waals surface area (Å²) >= 11 is 6.14. The van der Waals surface area contributed by atoms with Gasteiger partial charge in [-0.3, -0.25) is 0 Å². The maximum absolute atomic E-state index is 12.2. The third-order valence-corrected chi connectivity index (χ3v) is 3.73. The Morgan fingerprint density at radius 2 is 2.04 bits per heavy atom. The Morgan fingerprint density at radius 1 is 1.25 bits per heavy atom. The van der Waals surface area contributed by atoms with Crippen LogP contribution in [0, 0.1) is 0 Å². The van der Waals surface area contributed by atoms with Gasteiger partial charge in [0.25, 0.3) is 0 Å². The highest BCUT2D eigenvalue weighted by molar-refractivity contribution is 6.32. The second kappa shape index (κ2) is 6.88. The summed E-state index contributed by atoms with van der Waals surface area (Å²) in [6.45, 7) is 0.853. The number of carbonyl (C=O) groups is 1. The fourth-order valence-electron chi connectivity index (χ4n) is 2.28. The molecule has 2 aromatic carbocycles. The fraction of sp³-hybridized carbons (Fsp3) is 0.235. The average Bonchev–Trinajstić information content (AvgIpc) is 2.60. The van der Waals surface area contributed by atoms with Gasteiger partial charge < -0.3 is 24.1 Å². The molecule has 126 valence electrons. The molecule has 1 N–H and O–H groups in total. The number of aromatic hydroxyl groups is 1. The van der Waals surface area contributed by atoms with Crippen LogP contribution in [0.2, 0.25) is 5.02 Å². The minimum absolute atomic E-state index is 0.0220. The molecule has 0 aromatic heterocycles. The van der Waals surface area contributed by atoms with Crippen molar-refractivity contribution in [1.29, 1.82) is 0 Å². The van der Waals surface area contributed by atoms with E-state index in [1.165, 1.54) is 19.2 Å². The zero-order valence-electron chi connectivity index (χ0n) is 12.9. The van der Waals surface area contributed by atoms with Crippen LogP contribution in [0.3, 0.4) is 0 Å². The number of rotatable bonds is 4. The number of benzene rings is 2. The van der Waals surface area contributed by atoms with Crippen molar-refractivity contribution in [3.05, 3.63) is 46.5 Å². The molecule has 0 aliphatic carbocycles. The van der Waals surface area contributed by atoms with Crippen LogP contribution < -0.4 is 14.2 Å². The van der Waals surface area contributed by atoms with Crippen LogP contribution in [0.5, 0.6) is 23.0 Å². The number of halogens is 1. The minimum Gasteiger partial charge on any atom is -0.507 e. The molecule has 6 nitrogen and oxygen atoms in total. The van der Waals surface area contributed by atoms with Gasteiger partial charge in [-0.05, 0) is 35.9 Å². The standard InChI is InChI=1S/C17H15ClO6/c1-21-11-2-3-14(19)12(8-11)17(20)24-9-10-6-13(18)16-15(7-10)22-4-5-23-16/h2-3,6-8,19H,4-5,9H2,1H3. The molecular formula is C17H15ClO6. The highest BCUT2D eigenvalue weighted by Gasteiger charge is 2.18. The van der Waals surface area contributed by atoms with Crippen LogP contribution in [0.25, 0.3) is 0 Å². The fourth-order valence-corrected chi connectivity index (χ4v) is 2.57. The van der Waals surface area contributed by atoms with Crippen molar-refractivity contribution in [1.82, 2.24) is 0 Å². The van der Waals surface area contributed by atoms with Crippen LogP contribution in [0.4, 0.5) is 0 Å². The third kappa shape index (κ3) is 3.33. The van der Waals surface area contributed by atoms with Crippen LogP contribution in [-0.4, -0.2) is 31.4 Å². The molecule has 7 heteroatoms. The predicted molar refractivity (Wildman–Crippen MR) is 86.2 cm³/mol. The summed E-state index contributed by atoms with van der Waals surface area (Å²) in [5.41, 5.74) is 0.679. The summed E-state index contributed by atoms with van der Waals surface area (Å²) in [7, 11) is 1.47. The Kier molecular flexibility index (Phi) is 4.66. The van der Waals surface area contributed by atoms with Crippen molar-refractivity contribution in [3.63, 3.8) is 0 Å². The van der Waals surface area contributed by atoms with Gasteiger partial charge in [-0.25, -0.2) is 4.79 Å². The molecule has 0 atom stereocenters. The van der Waals surface area contributed by atoms with Crippen molar-refractivity contribution >= 4 is 17.6 Å². The van der Waals surface area contributed by atoms with Gasteiger partial charge in [-0.1, -0.05) is 11.6 Å². The van der Waals surface area contributed by atoms with Crippen molar-refractivity contribution in [2.75, 3.05) is 20.3 Å². The van der Waals surface area contributed by atoms with Crippen LogP contribution in [0.1, 0.15) is 15.9 Å². The van der Waals surface area contributed by atoms with Gasteiger partial charge >= 0.3 is 5.97 Å². The summed E-state index contributed by atoms with van der Waals surface area (Å²) in [6, 6.07) is 7.68. The molecule has 0 bridgehead atoms. The first-order valence-corrected chi connectivity index (χ1v) is 7.58. The average molecular weight is 351 g/mol. The number of ether oxygens (including phenoxy) is 4. The van der Waals surface area contributed by atoms with Gasteiger partial charge in [0.2, 0.25) is 0 Å². The Balaban J connectivity index is 1.74. The maximum atomic E-state index is 12.2. The first kappa shape index (κ1) is 16.3. The summed E-state index contributed by atoms with van der Waals surface area (Å²) in [4.78, 5) is 12.2. The zero-order chi connectivity index (χ0) is 17.1. The van der Waals surface area contributed by atoms with Crippen LogP contribution >= 0.6 is 11.6 Å². The van der Waals surface area contributed by atoms with E-state index in [2.05, 4.69) is 0 Å². The summed E-state index contributed by atoms with van der Waals surface area (Å²) in [5.74, 6) is 0.605. The van der Waals surface area contributed by atoms with E-state index in [0.29, 0.717) is 41.0 Å². The van der Waals surface area contributed by atoms with Gasteiger partial charge in [0.1, 0.15) is 36.9 Å². The smallest absolute Gasteiger partial charge is 0.342 e. The van der Waals surface area contributed by atoms with Crippen molar-refractivity contribution < 1.29 is 28.8 Å². The third-order valence-electron chi connectivity index (χ3n) is 3.45. The second-order valence-corrected chi connectivity index (χ2v) is 5.47. The number of phenolic OH excluding ortho intramolecular Hbond substituents is 1. The number of carbonyl (C=O) groups excluding carboxylic acids is 1. The lowest BCUT2D eigenvalue weighted by Crippen LogP contribution is -2.16. The lowest BCUT2D eigenvalue weighted by molar-refractivity contribution is 0.0468. The number of hydrogen-bond acceptors (Lipinski definition) is 6. The lowest BCUT2D eigenvalue weighted by atomic mass is 10.2. The SMILES string of the molecule is COc1ccc(O)c(C(=O)OCc2cc(Cl)c3c(c2)OCCO3)c1. The van der Waals surface area contributed by atoms with E-state index in [0.717, 1.165) is 0 Å². The Labute approximate surface area is 143 Å². The van der Waals surface area contributed by atoms with E-state index in [9.17, 15) is 9.90 Å². The van der Waals surface area contributed by atoms with E-state index < -0.39 is 5.97 Å². The van der Waals surface area contributed by atoms with E-state index in [1.54, 1.807) is 18.2 Å². The summed E-state index contributed by atoms with van der Waals surface area (Å²) in [5, 5.41) is 10.2.